The molecule has 0 aliphatic carbocycles. The SMILES string of the molecule is CCOC(=O)c1cc(Cc2ccccc2)sc1NC(=S)Nc1ccc(I)cc1. The third-order valence-electron chi connectivity index (χ3n) is 3.83. The number of rotatable bonds is 6. The quantitative estimate of drug-likeness (QED) is 0.239. The van der Waals surface area contributed by atoms with Crippen molar-refractivity contribution < 1.29 is 9.53 Å². The Morgan fingerprint density at radius 1 is 1.11 bits per heavy atom. The summed E-state index contributed by atoms with van der Waals surface area (Å²) < 4.78 is 6.36. The van der Waals surface area contributed by atoms with E-state index >= 15 is 0 Å². The monoisotopic (exact) mass is 522 g/mol. The van der Waals surface area contributed by atoms with Crippen molar-refractivity contribution in [2.24, 2.45) is 0 Å². The molecule has 0 saturated heterocycles. The number of nitrogens with one attached hydrogen (secondary N) is 2. The fourth-order valence-electron chi connectivity index (χ4n) is 2.58. The third kappa shape index (κ3) is 5.76. The minimum Gasteiger partial charge on any atom is -0.462 e. The van der Waals surface area contributed by atoms with E-state index in [4.69, 9.17) is 17.0 Å². The topological polar surface area (TPSA) is 50.4 Å². The van der Waals surface area contributed by atoms with E-state index in [-0.39, 0.29) is 5.97 Å². The Morgan fingerprint density at radius 3 is 2.50 bits per heavy atom. The fourth-order valence-corrected chi connectivity index (χ4v) is 4.31. The average Bonchev–Trinajstić information content (AvgIpc) is 3.06. The average molecular weight is 522 g/mol. The number of ether oxygens (including phenoxy) is 1. The zero-order valence-corrected chi connectivity index (χ0v) is 19.0. The van der Waals surface area contributed by atoms with E-state index in [2.05, 4.69) is 45.4 Å². The highest BCUT2D eigenvalue weighted by Gasteiger charge is 2.18. The normalized spacial score (nSPS) is 10.4. The highest BCUT2D eigenvalue weighted by Crippen LogP contribution is 2.31. The second-order valence-corrected chi connectivity index (χ2v) is 8.72. The summed E-state index contributed by atoms with van der Waals surface area (Å²) >= 11 is 9.19. The van der Waals surface area contributed by atoms with Gasteiger partial charge in [0.25, 0.3) is 0 Å². The van der Waals surface area contributed by atoms with Gasteiger partial charge in [-0.1, -0.05) is 30.3 Å². The molecule has 1 aromatic heterocycles. The van der Waals surface area contributed by atoms with Crippen molar-refractivity contribution in [1.82, 2.24) is 0 Å². The number of thiophene rings is 1. The lowest BCUT2D eigenvalue weighted by Crippen LogP contribution is -2.20. The molecule has 0 spiro atoms. The molecule has 2 aromatic carbocycles. The van der Waals surface area contributed by atoms with Crippen LogP contribution >= 0.6 is 46.1 Å². The number of esters is 1. The molecule has 0 atom stereocenters. The summed E-state index contributed by atoms with van der Waals surface area (Å²) in [5.41, 5.74) is 2.58. The number of carbonyl (C=O) groups excluding carboxylic acids is 1. The van der Waals surface area contributed by atoms with Gasteiger partial charge in [-0.25, -0.2) is 4.79 Å². The molecule has 3 rings (SSSR count). The van der Waals surface area contributed by atoms with Gasteiger partial charge in [0.1, 0.15) is 5.00 Å². The molecule has 0 fully saturated rings. The molecule has 0 amide bonds. The van der Waals surface area contributed by atoms with Gasteiger partial charge in [0.15, 0.2) is 5.11 Å². The van der Waals surface area contributed by atoms with E-state index in [1.54, 1.807) is 6.92 Å². The molecule has 0 aliphatic heterocycles. The smallest absolute Gasteiger partial charge is 0.341 e. The first kappa shape index (κ1) is 20.8. The van der Waals surface area contributed by atoms with Gasteiger partial charge < -0.3 is 15.4 Å². The van der Waals surface area contributed by atoms with Crippen molar-refractivity contribution in [1.29, 1.82) is 0 Å². The van der Waals surface area contributed by atoms with Gasteiger partial charge in [-0.05, 0) is 77.6 Å². The summed E-state index contributed by atoms with van der Waals surface area (Å²) in [5, 5.41) is 7.42. The van der Waals surface area contributed by atoms with Gasteiger partial charge in [0.2, 0.25) is 0 Å². The van der Waals surface area contributed by atoms with Crippen molar-refractivity contribution in [2.45, 2.75) is 13.3 Å². The van der Waals surface area contributed by atoms with Crippen molar-refractivity contribution in [3.63, 3.8) is 0 Å². The lowest BCUT2D eigenvalue weighted by Gasteiger charge is -2.10. The number of carbonyl (C=O) groups is 1. The van der Waals surface area contributed by atoms with Crippen molar-refractivity contribution >= 4 is 67.9 Å². The molecule has 4 nitrogen and oxygen atoms in total. The van der Waals surface area contributed by atoms with Crippen LogP contribution in [0.25, 0.3) is 0 Å². The van der Waals surface area contributed by atoms with Crippen molar-refractivity contribution in [3.05, 3.63) is 80.2 Å². The van der Waals surface area contributed by atoms with E-state index in [9.17, 15) is 4.79 Å². The highest BCUT2D eigenvalue weighted by molar-refractivity contribution is 14.1. The van der Waals surface area contributed by atoms with Gasteiger partial charge in [0, 0.05) is 20.6 Å². The summed E-state index contributed by atoms with van der Waals surface area (Å²) in [6.45, 7) is 2.12. The molecule has 2 N–H and O–H groups in total. The Bertz CT molecular complexity index is 956. The summed E-state index contributed by atoms with van der Waals surface area (Å²) in [7, 11) is 0. The summed E-state index contributed by atoms with van der Waals surface area (Å²) in [6, 6.07) is 19.9. The van der Waals surface area contributed by atoms with Crippen LogP contribution in [0, 0.1) is 3.57 Å². The zero-order valence-electron chi connectivity index (χ0n) is 15.2. The molecule has 0 bridgehead atoms. The molecule has 144 valence electrons. The summed E-state index contributed by atoms with van der Waals surface area (Å²) in [6.07, 6.45) is 0.747. The van der Waals surface area contributed by atoms with E-state index in [0.29, 0.717) is 22.3 Å². The van der Waals surface area contributed by atoms with Crippen LogP contribution in [-0.2, 0) is 11.2 Å². The Balaban J connectivity index is 1.78. The van der Waals surface area contributed by atoms with Gasteiger partial charge in [-0.15, -0.1) is 11.3 Å². The highest BCUT2D eigenvalue weighted by atomic mass is 127. The lowest BCUT2D eigenvalue weighted by atomic mass is 10.1. The molecule has 0 radical (unpaired) electrons. The molecule has 0 aliphatic rings. The number of halogens is 1. The Morgan fingerprint density at radius 2 is 1.82 bits per heavy atom. The molecule has 0 unspecified atom stereocenters. The standard InChI is InChI=1S/C21H19IN2O2S2/c1-2-26-20(25)18-13-17(12-14-6-4-3-5-7-14)28-19(18)24-21(27)23-16-10-8-15(22)9-11-16/h3-11,13H,2,12H2,1H3,(H2,23,24,27). The van der Waals surface area contributed by atoms with Crippen LogP contribution < -0.4 is 10.6 Å². The molecular formula is C21H19IN2O2S2. The number of benzene rings is 2. The van der Waals surface area contributed by atoms with Crippen LogP contribution in [-0.4, -0.2) is 17.7 Å². The molecular weight excluding hydrogens is 503 g/mol. The zero-order chi connectivity index (χ0) is 19.9. The Labute approximate surface area is 187 Å². The predicted molar refractivity (Wildman–Crippen MR) is 129 cm³/mol. The van der Waals surface area contributed by atoms with Gasteiger partial charge >= 0.3 is 5.97 Å². The van der Waals surface area contributed by atoms with E-state index in [1.807, 2.05) is 48.5 Å². The summed E-state index contributed by atoms with van der Waals surface area (Å²) in [5.74, 6) is -0.349. The van der Waals surface area contributed by atoms with Crippen LogP contribution in [0.2, 0.25) is 0 Å². The first-order chi connectivity index (χ1) is 13.5. The number of thiocarbonyl (C=S) groups is 1. The molecule has 0 saturated carbocycles. The minimum atomic E-state index is -0.349. The molecule has 3 aromatic rings. The van der Waals surface area contributed by atoms with Crippen LogP contribution in [0.3, 0.4) is 0 Å². The van der Waals surface area contributed by atoms with Crippen LogP contribution in [0.4, 0.5) is 10.7 Å². The van der Waals surface area contributed by atoms with Crippen molar-refractivity contribution in [2.75, 3.05) is 17.2 Å². The lowest BCUT2D eigenvalue weighted by molar-refractivity contribution is 0.0528. The van der Waals surface area contributed by atoms with Crippen molar-refractivity contribution in [3.8, 4) is 0 Å². The second-order valence-electron chi connectivity index (χ2n) is 5.92. The Kier molecular flexibility index (Phi) is 7.41. The third-order valence-corrected chi connectivity index (χ3v) is 5.80. The Hall–Kier alpha value is -1.97. The van der Waals surface area contributed by atoms with Crippen LogP contribution in [0.5, 0.6) is 0 Å². The molecule has 28 heavy (non-hydrogen) atoms. The maximum Gasteiger partial charge on any atom is 0.341 e. The van der Waals surface area contributed by atoms with Crippen LogP contribution in [0.15, 0.2) is 60.7 Å². The van der Waals surface area contributed by atoms with E-state index in [1.165, 1.54) is 16.9 Å². The van der Waals surface area contributed by atoms with Gasteiger partial charge in [-0.2, -0.15) is 0 Å². The first-order valence-electron chi connectivity index (χ1n) is 8.72. The molecule has 1 heterocycles. The maximum absolute atomic E-state index is 12.4. The molecule has 7 heteroatoms. The van der Waals surface area contributed by atoms with E-state index < -0.39 is 0 Å². The number of anilines is 2. The largest absolute Gasteiger partial charge is 0.462 e. The number of hydrogen-bond donors (Lipinski definition) is 2. The minimum absolute atomic E-state index is 0.327. The fraction of sp³-hybridized carbons (Fsp3) is 0.143. The second kappa shape index (κ2) is 9.99. The number of hydrogen-bond acceptors (Lipinski definition) is 4. The summed E-state index contributed by atoms with van der Waals surface area (Å²) in [4.78, 5) is 13.5. The van der Waals surface area contributed by atoms with Crippen LogP contribution in [0.1, 0.15) is 27.7 Å². The maximum atomic E-state index is 12.4. The van der Waals surface area contributed by atoms with Gasteiger partial charge in [-0.3, -0.25) is 0 Å². The van der Waals surface area contributed by atoms with E-state index in [0.717, 1.165) is 20.6 Å². The first-order valence-corrected chi connectivity index (χ1v) is 11.0. The van der Waals surface area contributed by atoms with Gasteiger partial charge in [0.05, 0.1) is 12.2 Å². The predicted octanol–water partition coefficient (Wildman–Crippen LogP) is 5.93.